The van der Waals surface area contributed by atoms with Crippen molar-refractivity contribution < 1.29 is 4.79 Å². The van der Waals surface area contributed by atoms with Gasteiger partial charge in [0.1, 0.15) is 0 Å². The molecule has 3 aliphatic carbocycles. The highest BCUT2D eigenvalue weighted by Crippen LogP contribution is 2.50. The molecule has 11 heavy (non-hydrogen) atoms. The second-order valence-corrected chi connectivity index (χ2v) is 3.79. The van der Waals surface area contributed by atoms with Crippen molar-refractivity contribution in [3.63, 3.8) is 0 Å². The lowest BCUT2D eigenvalue weighted by Crippen LogP contribution is -2.14. The quantitative estimate of drug-likeness (QED) is 0.474. The summed E-state index contributed by atoms with van der Waals surface area (Å²) in [6, 6.07) is 0. The first-order valence-corrected chi connectivity index (χ1v) is 4.26. The van der Waals surface area contributed by atoms with Crippen LogP contribution in [0.15, 0.2) is 24.3 Å². The summed E-state index contributed by atoms with van der Waals surface area (Å²) < 4.78 is 0. The van der Waals surface area contributed by atoms with Gasteiger partial charge in [0.25, 0.3) is 0 Å². The second-order valence-electron chi connectivity index (χ2n) is 3.79. The van der Waals surface area contributed by atoms with Crippen molar-refractivity contribution in [1.82, 2.24) is 0 Å². The van der Waals surface area contributed by atoms with Crippen molar-refractivity contribution in [2.45, 2.75) is 6.42 Å². The van der Waals surface area contributed by atoms with Crippen molar-refractivity contribution >= 4 is 5.78 Å². The van der Waals surface area contributed by atoms with E-state index in [1.165, 1.54) is 6.42 Å². The summed E-state index contributed by atoms with van der Waals surface area (Å²) in [6.45, 7) is 0. The number of carbonyl (C=O) groups excluding carboxylic acids is 1. The molecule has 56 valence electrons. The SMILES string of the molecule is O=C1C2C=CC3CC3C1C=C2. The number of allylic oxidation sites excluding steroid dienone is 4. The Bertz CT molecular complexity index is 275. The Kier molecular flexibility index (Phi) is 0.867. The third kappa shape index (κ3) is 0.635. The average molecular weight is 146 g/mol. The van der Waals surface area contributed by atoms with Crippen LogP contribution in [0, 0.1) is 23.7 Å². The van der Waals surface area contributed by atoms with Gasteiger partial charge in [0.15, 0.2) is 5.78 Å². The Morgan fingerprint density at radius 1 is 1.18 bits per heavy atom. The zero-order valence-corrected chi connectivity index (χ0v) is 6.23. The molecular weight excluding hydrogens is 136 g/mol. The molecule has 1 saturated carbocycles. The van der Waals surface area contributed by atoms with Crippen LogP contribution in [-0.4, -0.2) is 5.78 Å². The maximum absolute atomic E-state index is 11.5. The van der Waals surface area contributed by atoms with Gasteiger partial charge in [0, 0.05) is 5.92 Å². The van der Waals surface area contributed by atoms with Gasteiger partial charge in [-0.1, -0.05) is 24.3 Å². The standard InChI is InChI=1S/C10H10O/c11-10-6-1-2-7-5-9(7)8(10)4-3-6/h1-4,6-9H,5H2. The first kappa shape index (κ1) is 5.76. The van der Waals surface area contributed by atoms with E-state index in [0.717, 1.165) is 5.92 Å². The van der Waals surface area contributed by atoms with Gasteiger partial charge >= 0.3 is 0 Å². The van der Waals surface area contributed by atoms with E-state index in [2.05, 4.69) is 24.3 Å². The number of rotatable bonds is 0. The number of ketones is 1. The molecule has 3 aliphatic rings. The van der Waals surface area contributed by atoms with Crippen molar-refractivity contribution in [2.75, 3.05) is 0 Å². The average Bonchev–Trinajstić information content (AvgIpc) is 2.61. The lowest BCUT2D eigenvalue weighted by atomic mass is 9.98. The predicted molar refractivity (Wildman–Crippen MR) is 41.9 cm³/mol. The van der Waals surface area contributed by atoms with E-state index in [4.69, 9.17) is 0 Å². The fourth-order valence-electron chi connectivity index (χ4n) is 2.30. The van der Waals surface area contributed by atoms with Crippen LogP contribution < -0.4 is 0 Å². The molecule has 1 heteroatoms. The number of hydrogen-bond acceptors (Lipinski definition) is 1. The van der Waals surface area contributed by atoms with E-state index >= 15 is 0 Å². The fraction of sp³-hybridized carbons (Fsp3) is 0.500. The van der Waals surface area contributed by atoms with Crippen LogP contribution in [0.4, 0.5) is 0 Å². The van der Waals surface area contributed by atoms with Crippen molar-refractivity contribution in [3.8, 4) is 0 Å². The summed E-state index contributed by atoms with van der Waals surface area (Å²) in [5.74, 6) is 2.25. The van der Waals surface area contributed by atoms with E-state index in [0.29, 0.717) is 11.7 Å². The van der Waals surface area contributed by atoms with Gasteiger partial charge in [0.05, 0.1) is 5.92 Å². The molecule has 4 atom stereocenters. The zero-order chi connectivity index (χ0) is 7.42. The molecule has 1 fully saturated rings. The van der Waals surface area contributed by atoms with Crippen LogP contribution in [0.25, 0.3) is 0 Å². The molecule has 0 spiro atoms. The first-order chi connectivity index (χ1) is 5.36. The van der Waals surface area contributed by atoms with Crippen molar-refractivity contribution in [3.05, 3.63) is 24.3 Å². The second kappa shape index (κ2) is 1.66. The topological polar surface area (TPSA) is 17.1 Å². The van der Waals surface area contributed by atoms with Gasteiger partial charge in [-0.05, 0) is 18.3 Å². The van der Waals surface area contributed by atoms with E-state index in [1.807, 2.05) is 0 Å². The number of Topliss-reactive ketones (excluding diaryl/α,β-unsaturated/α-hetero) is 1. The summed E-state index contributed by atoms with van der Waals surface area (Å²) in [7, 11) is 0. The lowest BCUT2D eigenvalue weighted by molar-refractivity contribution is -0.122. The van der Waals surface area contributed by atoms with Gasteiger partial charge in [-0.3, -0.25) is 4.79 Å². The first-order valence-electron chi connectivity index (χ1n) is 4.26. The number of carbonyl (C=O) groups is 1. The van der Waals surface area contributed by atoms with Crippen LogP contribution in [0.5, 0.6) is 0 Å². The van der Waals surface area contributed by atoms with E-state index < -0.39 is 0 Å². The Balaban J connectivity index is 2.08. The van der Waals surface area contributed by atoms with E-state index in [-0.39, 0.29) is 11.8 Å². The number of fused-ring (bicyclic) bond motifs is 4. The van der Waals surface area contributed by atoms with Crippen LogP contribution in [-0.2, 0) is 4.79 Å². The van der Waals surface area contributed by atoms with E-state index in [9.17, 15) is 4.79 Å². The van der Waals surface area contributed by atoms with Gasteiger partial charge in [-0.2, -0.15) is 0 Å². The summed E-state index contributed by atoms with van der Waals surface area (Å²) >= 11 is 0. The number of hydrogen-bond donors (Lipinski definition) is 0. The molecular formula is C10H10O. The van der Waals surface area contributed by atoms with Crippen molar-refractivity contribution in [2.24, 2.45) is 23.7 Å². The van der Waals surface area contributed by atoms with Gasteiger partial charge in [-0.25, -0.2) is 0 Å². The normalized spacial score (nSPS) is 50.7. The third-order valence-corrected chi connectivity index (χ3v) is 3.10. The summed E-state index contributed by atoms with van der Waals surface area (Å²) in [5, 5.41) is 0. The molecule has 1 nitrogen and oxygen atoms in total. The molecule has 0 aromatic carbocycles. The van der Waals surface area contributed by atoms with E-state index in [1.54, 1.807) is 0 Å². The predicted octanol–water partition coefficient (Wildman–Crippen LogP) is 1.56. The highest BCUT2D eigenvalue weighted by molar-refractivity contribution is 5.92. The van der Waals surface area contributed by atoms with Crippen LogP contribution in [0.2, 0.25) is 0 Å². The molecule has 0 amide bonds. The summed E-state index contributed by atoms with van der Waals surface area (Å²) in [4.78, 5) is 11.5. The van der Waals surface area contributed by atoms with Gasteiger partial charge < -0.3 is 0 Å². The largest absolute Gasteiger partial charge is 0.298 e. The monoisotopic (exact) mass is 146 g/mol. The lowest BCUT2D eigenvalue weighted by Gasteiger charge is -2.03. The highest BCUT2D eigenvalue weighted by atomic mass is 16.1. The molecule has 4 unspecified atom stereocenters. The van der Waals surface area contributed by atoms with Crippen LogP contribution in [0.3, 0.4) is 0 Å². The Labute approximate surface area is 65.8 Å². The minimum absolute atomic E-state index is 0.132. The maximum Gasteiger partial charge on any atom is 0.150 e. The smallest absolute Gasteiger partial charge is 0.150 e. The molecule has 0 radical (unpaired) electrons. The molecule has 0 saturated heterocycles. The molecule has 3 rings (SSSR count). The molecule has 0 heterocycles. The Morgan fingerprint density at radius 3 is 2.91 bits per heavy atom. The molecule has 0 aromatic heterocycles. The van der Waals surface area contributed by atoms with Crippen molar-refractivity contribution in [1.29, 1.82) is 0 Å². The Morgan fingerprint density at radius 2 is 2.00 bits per heavy atom. The summed E-state index contributed by atoms with van der Waals surface area (Å²) in [6.07, 6.45) is 9.72. The molecule has 0 aromatic rings. The maximum atomic E-state index is 11.5. The fourth-order valence-corrected chi connectivity index (χ4v) is 2.30. The Hall–Kier alpha value is -0.850. The minimum Gasteiger partial charge on any atom is -0.298 e. The molecule has 2 bridgehead atoms. The van der Waals surface area contributed by atoms with Gasteiger partial charge in [0.2, 0.25) is 0 Å². The third-order valence-electron chi connectivity index (χ3n) is 3.10. The molecule has 0 N–H and O–H groups in total. The molecule has 0 aliphatic heterocycles. The van der Waals surface area contributed by atoms with Crippen LogP contribution >= 0.6 is 0 Å². The van der Waals surface area contributed by atoms with Gasteiger partial charge in [-0.15, -0.1) is 0 Å². The summed E-state index contributed by atoms with van der Waals surface area (Å²) in [5.41, 5.74) is 0. The van der Waals surface area contributed by atoms with Crippen LogP contribution in [0.1, 0.15) is 6.42 Å². The minimum atomic E-state index is 0.132. The zero-order valence-electron chi connectivity index (χ0n) is 6.23. The highest BCUT2D eigenvalue weighted by Gasteiger charge is 2.47.